The van der Waals surface area contributed by atoms with Crippen LogP contribution in [-0.2, 0) is 11.4 Å². The Balaban J connectivity index is 1.36. The molecule has 0 fully saturated rings. The Morgan fingerprint density at radius 3 is 2.27 bits per heavy atom. The molecule has 0 unspecified atom stereocenters. The number of nitrogens with zero attached hydrogens (tertiary/aromatic N) is 1. The summed E-state index contributed by atoms with van der Waals surface area (Å²) in [6.07, 6.45) is 1.60. The minimum Gasteiger partial charge on any atom is -0.497 e. The maximum Gasteiger partial charge on any atom is 0.251 e. The highest BCUT2D eigenvalue weighted by atomic mass is 19.1. The number of carbonyl (C=O) groups excluding carboxylic acids is 2. The first kappa shape index (κ1) is 23.5. The lowest BCUT2D eigenvalue weighted by molar-refractivity contribution is -0.120. The average molecular weight is 449 g/mol. The third-order valence-electron chi connectivity index (χ3n) is 4.59. The Morgan fingerprint density at radius 1 is 0.939 bits per heavy atom. The number of benzene rings is 3. The van der Waals surface area contributed by atoms with Crippen molar-refractivity contribution in [2.45, 2.75) is 13.0 Å². The second-order valence-electron chi connectivity index (χ2n) is 7.01. The van der Waals surface area contributed by atoms with Crippen molar-refractivity contribution in [3.8, 4) is 11.5 Å². The van der Waals surface area contributed by atoms with E-state index in [4.69, 9.17) is 9.47 Å². The van der Waals surface area contributed by atoms with Crippen molar-refractivity contribution in [1.82, 2.24) is 10.7 Å². The molecule has 0 bridgehead atoms. The van der Waals surface area contributed by atoms with Crippen molar-refractivity contribution in [3.63, 3.8) is 0 Å². The van der Waals surface area contributed by atoms with Gasteiger partial charge in [0.2, 0.25) is 5.91 Å². The third kappa shape index (κ3) is 7.77. The van der Waals surface area contributed by atoms with E-state index in [9.17, 15) is 14.0 Å². The fraction of sp³-hybridized carbons (Fsp3) is 0.160. The summed E-state index contributed by atoms with van der Waals surface area (Å²) in [5.74, 6) is 0.452. The average Bonchev–Trinajstić information content (AvgIpc) is 2.84. The van der Waals surface area contributed by atoms with Crippen LogP contribution in [0.5, 0.6) is 11.5 Å². The molecule has 0 aliphatic carbocycles. The zero-order valence-electron chi connectivity index (χ0n) is 18.1. The molecule has 2 amide bonds. The lowest BCUT2D eigenvalue weighted by Gasteiger charge is -2.06. The largest absolute Gasteiger partial charge is 0.497 e. The lowest BCUT2D eigenvalue weighted by Crippen LogP contribution is -2.29. The normalized spacial score (nSPS) is 10.6. The van der Waals surface area contributed by atoms with E-state index >= 15 is 0 Å². The predicted octanol–water partition coefficient (Wildman–Crippen LogP) is 3.68. The van der Waals surface area contributed by atoms with E-state index in [0.717, 1.165) is 11.1 Å². The lowest BCUT2D eigenvalue weighted by atomic mass is 10.2. The molecule has 170 valence electrons. The number of hydrogen-bond acceptors (Lipinski definition) is 5. The fourth-order valence-electron chi connectivity index (χ4n) is 2.77. The summed E-state index contributed by atoms with van der Waals surface area (Å²) in [5, 5.41) is 6.60. The molecule has 0 saturated carbocycles. The smallest absolute Gasteiger partial charge is 0.251 e. The summed E-state index contributed by atoms with van der Waals surface area (Å²) in [7, 11) is 1.55. The molecule has 0 aromatic heterocycles. The van der Waals surface area contributed by atoms with Gasteiger partial charge in [0.15, 0.2) is 0 Å². The fourth-order valence-corrected chi connectivity index (χ4v) is 2.77. The first-order chi connectivity index (χ1) is 16.0. The van der Waals surface area contributed by atoms with E-state index < -0.39 is 0 Å². The van der Waals surface area contributed by atoms with Crippen LogP contribution in [0.15, 0.2) is 77.9 Å². The second-order valence-corrected chi connectivity index (χ2v) is 7.01. The monoisotopic (exact) mass is 449 g/mol. The van der Waals surface area contributed by atoms with Crippen LogP contribution in [0.25, 0.3) is 0 Å². The van der Waals surface area contributed by atoms with Gasteiger partial charge in [-0.15, -0.1) is 0 Å². The molecule has 2 N–H and O–H groups in total. The second kappa shape index (κ2) is 12.0. The minimum atomic E-state index is -0.319. The minimum absolute atomic E-state index is 0.0927. The highest BCUT2D eigenvalue weighted by molar-refractivity contribution is 5.94. The summed E-state index contributed by atoms with van der Waals surface area (Å²) >= 11 is 0. The topological polar surface area (TPSA) is 89.0 Å². The molecule has 0 aliphatic heterocycles. The van der Waals surface area contributed by atoms with Crippen LogP contribution < -0.4 is 20.2 Å². The van der Waals surface area contributed by atoms with Gasteiger partial charge in [-0.3, -0.25) is 9.59 Å². The maximum atomic E-state index is 12.9. The molecular formula is C25H24FN3O4. The van der Waals surface area contributed by atoms with Gasteiger partial charge in [-0.25, -0.2) is 9.82 Å². The Morgan fingerprint density at radius 2 is 1.61 bits per heavy atom. The number of rotatable bonds is 10. The Kier molecular flexibility index (Phi) is 8.53. The van der Waals surface area contributed by atoms with Crippen molar-refractivity contribution >= 4 is 18.0 Å². The highest BCUT2D eigenvalue weighted by Gasteiger charge is 2.06. The van der Waals surface area contributed by atoms with Crippen LogP contribution in [0, 0.1) is 5.82 Å². The van der Waals surface area contributed by atoms with Gasteiger partial charge >= 0.3 is 0 Å². The van der Waals surface area contributed by atoms with Crippen molar-refractivity contribution in [1.29, 1.82) is 0 Å². The van der Waals surface area contributed by atoms with E-state index in [-0.39, 0.29) is 30.6 Å². The number of hydrazone groups is 1. The van der Waals surface area contributed by atoms with Crippen molar-refractivity contribution in [2.24, 2.45) is 5.10 Å². The summed E-state index contributed by atoms with van der Waals surface area (Å²) in [6.45, 7) is 0.519. The van der Waals surface area contributed by atoms with Crippen molar-refractivity contribution < 1.29 is 23.5 Å². The molecule has 0 spiro atoms. The van der Waals surface area contributed by atoms with E-state index in [1.54, 1.807) is 67.8 Å². The van der Waals surface area contributed by atoms with Gasteiger partial charge in [-0.2, -0.15) is 5.10 Å². The number of ether oxygens (including phenoxy) is 2. The molecule has 0 heterocycles. The van der Waals surface area contributed by atoms with Crippen LogP contribution in [0.1, 0.15) is 27.9 Å². The Hall–Kier alpha value is -4.20. The van der Waals surface area contributed by atoms with Gasteiger partial charge in [0.05, 0.1) is 13.3 Å². The van der Waals surface area contributed by atoms with Gasteiger partial charge in [-0.1, -0.05) is 12.1 Å². The van der Waals surface area contributed by atoms with E-state index in [1.807, 2.05) is 0 Å². The number of nitrogens with one attached hydrogen (secondary N) is 2. The maximum absolute atomic E-state index is 12.9. The van der Waals surface area contributed by atoms with Crippen LogP contribution >= 0.6 is 0 Å². The summed E-state index contributed by atoms with van der Waals surface area (Å²) in [6, 6.07) is 20.0. The number of hydrogen-bond donors (Lipinski definition) is 2. The van der Waals surface area contributed by atoms with Gasteiger partial charge in [0.1, 0.15) is 23.9 Å². The van der Waals surface area contributed by atoms with Gasteiger partial charge in [-0.05, 0) is 71.8 Å². The van der Waals surface area contributed by atoms with E-state index in [1.165, 1.54) is 18.3 Å². The first-order valence-corrected chi connectivity index (χ1v) is 10.2. The molecule has 8 heteroatoms. The zero-order valence-corrected chi connectivity index (χ0v) is 18.1. The van der Waals surface area contributed by atoms with Crippen LogP contribution in [0.3, 0.4) is 0 Å². The number of methoxy groups -OCH3 is 1. The van der Waals surface area contributed by atoms with E-state index in [2.05, 4.69) is 15.8 Å². The molecule has 3 rings (SSSR count). The van der Waals surface area contributed by atoms with Gasteiger partial charge in [0.25, 0.3) is 5.91 Å². The van der Waals surface area contributed by atoms with Crippen LogP contribution in [-0.4, -0.2) is 31.7 Å². The molecule has 0 saturated heterocycles. The van der Waals surface area contributed by atoms with Crippen molar-refractivity contribution in [2.75, 3.05) is 13.7 Å². The third-order valence-corrected chi connectivity index (χ3v) is 4.59. The van der Waals surface area contributed by atoms with Crippen molar-refractivity contribution in [3.05, 3.63) is 95.3 Å². The van der Waals surface area contributed by atoms with Crippen LogP contribution in [0.2, 0.25) is 0 Å². The van der Waals surface area contributed by atoms with E-state index in [0.29, 0.717) is 23.7 Å². The number of carbonyl (C=O) groups is 2. The Labute approximate surface area is 191 Å². The molecule has 33 heavy (non-hydrogen) atoms. The van der Waals surface area contributed by atoms with Crippen LogP contribution in [0.4, 0.5) is 4.39 Å². The number of amides is 2. The summed E-state index contributed by atoms with van der Waals surface area (Å²) in [4.78, 5) is 23.9. The molecule has 0 radical (unpaired) electrons. The van der Waals surface area contributed by atoms with Gasteiger partial charge in [0, 0.05) is 18.5 Å². The highest BCUT2D eigenvalue weighted by Crippen LogP contribution is 2.14. The molecule has 3 aromatic carbocycles. The molecule has 3 aromatic rings. The Bertz CT molecular complexity index is 1080. The standard InChI is InChI=1S/C25H24FN3O4/c1-32-22-12-6-20(7-13-22)25(31)27-15-14-24(30)29-28-16-18-4-10-23(11-5-18)33-17-19-2-8-21(26)9-3-19/h2-13,16H,14-15,17H2,1H3,(H,27,31)(H,29,30). The molecule has 0 atom stereocenters. The molecule has 7 nitrogen and oxygen atoms in total. The summed E-state index contributed by atoms with van der Waals surface area (Å²) in [5.41, 5.74) is 4.55. The predicted molar refractivity (Wildman–Crippen MR) is 123 cm³/mol. The molecule has 0 aliphatic rings. The summed E-state index contributed by atoms with van der Waals surface area (Å²) < 4.78 is 23.6. The zero-order chi connectivity index (χ0) is 23.5. The first-order valence-electron chi connectivity index (χ1n) is 10.2. The molecular weight excluding hydrogens is 425 g/mol. The number of halogens is 1. The van der Waals surface area contributed by atoms with Gasteiger partial charge < -0.3 is 14.8 Å². The quantitative estimate of drug-likeness (QED) is 0.365. The SMILES string of the molecule is COc1ccc(C(=O)NCCC(=O)NN=Cc2ccc(OCc3ccc(F)cc3)cc2)cc1.